The fourth-order valence-corrected chi connectivity index (χ4v) is 1.75. The number of carbonyl (C=O) groups is 1. The number of carboxylic acid groups (broad SMARTS) is 1. The van der Waals surface area contributed by atoms with Crippen LogP contribution in [0.15, 0.2) is 36.5 Å². The van der Waals surface area contributed by atoms with Crippen LogP contribution < -0.4 is 4.74 Å². The van der Waals surface area contributed by atoms with E-state index in [1.165, 1.54) is 36.5 Å². The van der Waals surface area contributed by atoms with E-state index in [4.69, 9.17) is 21.4 Å². The van der Waals surface area contributed by atoms with Crippen molar-refractivity contribution in [2.75, 3.05) is 0 Å². The Bertz CT molecular complexity index is 687. The summed E-state index contributed by atoms with van der Waals surface area (Å²) < 4.78 is 5.40. The molecule has 0 aliphatic rings. The summed E-state index contributed by atoms with van der Waals surface area (Å²) in [5, 5.41) is 19.5. The third kappa shape index (κ3) is 3.67. The second kappa shape index (κ2) is 6.19. The fraction of sp³-hybridized carbons (Fsp3) is 0.0769. The minimum absolute atomic E-state index is 0.0873. The zero-order chi connectivity index (χ0) is 15.4. The van der Waals surface area contributed by atoms with Crippen molar-refractivity contribution in [1.82, 2.24) is 4.98 Å². The number of nitro benzene ring substituents is 1. The Kier molecular flexibility index (Phi) is 4.34. The summed E-state index contributed by atoms with van der Waals surface area (Å²) in [6.07, 6.45) is 1.28. The molecule has 0 spiro atoms. The molecule has 7 nitrogen and oxygen atoms in total. The number of nitrogens with zero attached hydrogens (tertiary/aromatic N) is 2. The molecule has 1 heterocycles. The molecule has 2 aromatic rings. The number of hydrogen-bond donors (Lipinski definition) is 1. The number of aromatic nitrogens is 1. The topological polar surface area (TPSA) is 103 Å². The van der Waals surface area contributed by atoms with E-state index < -0.39 is 10.9 Å². The third-order valence-electron chi connectivity index (χ3n) is 2.60. The summed E-state index contributed by atoms with van der Waals surface area (Å²) in [4.78, 5) is 24.4. The molecule has 0 radical (unpaired) electrons. The van der Waals surface area contributed by atoms with Crippen LogP contribution in [-0.4, -0.2) is 21.0 Å². The number of non-ortho nitro benzene ring substituents is 1. The number of halogens is 1. The first kappa shape index (κ1) is 14.7. The second-order valence-electron chi connectivity index (χ2n) is 4.01. The Hall–Kier alpha value is -2.67. The first-order valence-electron chi connectivity index (χ1n) is 5.72. The molecule has 0 atom stereocenters. The van der Waals surface area contributed by atoms with Crippen LogP contribution in [0.2, 0.25) is 5.02 Å². The van der Waals surface area contributed by atoms with Gasteiger partial charge in [0.15, 0.2) is 0 Å². The Balaban J connectivity index is 2.06. The van der Waals surface area contributed by atoms with Gasteiger partial charge in [-0.25, -0.2) is 9.78 Å². The number of carboxylic acids is 1. The van der Waals surface area contributed by atoms with E-state index in [1.54, 1.807) is 0 Å². The minimum atomic E-state index is -1.13. The van der Waals surface area contributed by atoms with Gasteiger partial charge in [-0.1, -0.05) is 11.6 Å². The summed E-state index contributed by atoms with van der Waals surface area (Å²) >= 11 is 5.93. The van der Waals surface area contributed by atoms with Crippen molar-refractivity contribution in [3.05, 3.63) is 62.9 Å². The maximum atomic E-state index is 10.6. The van der Waals surface area contributed by atoms with Gasteiger partial charge in [-0.05, 0) is 18.2 Å². The third-order valence-corrected chi connectivity index (χ3v) is 2.95. The summed E-state index contributed by atoms with van der Waals surface area (Å²) in [6.45, 7) is 0.0882. The molecular weight excluding hydrogens is 300 g/mol. The summed E-state index contributed by atoms with van der Waals surface area (Å²) in [5.41, 5.74) is 0.386. The van der Waals surface area contributed by atoms with Gasteiger partial charge in [-0.3, -0.25) is 10.1 Å². The van der Waals surface area contributed by atoms with Gasteiger partial charge in [0.25, 0.3) is 5.69 Å². The maximum absolute atomic E-state index is 10.6. The number of nitro groups is 1. The highest BCUT2D eigenvalue weighted by molar-refractivity contribution is 6.31. The zero-order valence-electron chi connectivity index (χ0n) is 10.5. The van der Waals surface area contributed by atoms with E-state index in [-0.39, 0.29) is 23.0 Å². The lowest BCUT2D eigenvalue weighted by atomic mass is 10.2. The van der Waals surface area contributed by atoms with Gasteiger partial charge < -0.3 is 9.84 Å². The van der Waals surface area contributed by atoms with E-state index in [2.05, 4.69) is 4.98 Å². The van der Waals surface area contributed by atoms with Crippen LogP contribution in [0.1, 0.15) is 16.1 Å². The molecule has 0 saturated heterocycles. The minimum Gasteiger partial charge on any atom is -0.487 e. The maximum Gasteiger partial charge on any atom is 0.354 e. The number of hydrogen-bond acceptors (Lipinski definition) is 5. The van der Waals surface area contributed by atoms with Crippen LogP contribution in [0.5, 0.6) is 5.75 Å². The van der Waals surface area contributed by atoms with Gasteiger partial charge in [-0.2, -0.15) is 0 Å². The second-order valence-corrected chi connectivity index (χ2v) is 4.41. The number of rotatable bonds is 5. The molecule has 0 unspecified atom stereocenters. The molecule has 1 N–H and O–H groups in total. The van der Waals surface area contributed by atoms with Gasteiger partial charge in [0.1, 0.15) is 18.1 Å². The number of ether oxygens (including phenoxy) is 1. The van der Waals surface area contributed by atoms with Crippen molar-refractivity contribution in [1.29, 1.82) is 0 Å². The highest BCUT2D eigenvalue weighted by atomic mass is 35.5. The lowest BCUT2D eigenvalue weighted by molar-refractivity contribution is -0.384. The van der Waals surface area contributed by atoms with E-state index in [0.717, 1.165) is 0 Å². The summed E-state index contributed by atoms with van der Waals surface area (Å²) in [5.74, 6) is -0.755. The number of pyridine rings is 1. The first-order valence-corrected chi connectivity index (χ1v) is 6.10. The highest BCUT2D eigenvalue weighted by Gasteiger charge is 2.10. The molecule has 0 aliphatic carbocycles. The van der Waals surface area contributed by atoms with Gasteiger partial charge >= 0.3 is 5.97 Å². The van der Waals surface area contributed by atoms with Gasteiger partial charge in [0.05, 0.1) is 16.1 Å². The van der Waals surface area contributed by atoms with E-state index in [1.807, 2.05) is 0 Å². The molecule has 0 aliphatic heterocycles. The van der Waals surface area contributed by atoms with E-state index in [9.17, 15) is 14.9 Å². The predicted molar refractivity (Wildman–Crippen MR) is 73.6 cm³/mol. The Morgan fingerprint density at radius 3 is 2.67 bits per heavy atom. The number of aromatic carboxylic acids is 1. The van der Waals surface area contributed by atoms with E-state index in [0.29, 0.717) is 11.3 Å². The Morgan fingerprint density at radius 1 is 1.38 bits per heavy atom. The molecule has 108 valence electrons. The van der Waals surface area contributed by atoms with Crippen LogP contribution in [0.3, 0.4) is 0 Å². The molecule has 1 aromatic carbocycles. The average Bonchev–Trinajstić information content (AvgIpc) is 2.46. The molecule has 2 rings (SSSR count). The van der Waals surface area contributed by atoms with Crippen molar-refractivity contribution in [3.8, 4) is 5.75 Å². The van der Waals surface area contributed by atoms with Crippen molar-refractivity contribution in [2.45, 2.75) is 6.61 Å². The quantitative estimate of drug-likeness (QED) is 0.673. The lowest BCUT2D eigenvalue weighted by Gasteiger charge is -2.07. The average molecular weight is 309 g/mol. The first-order chi connectivity index (χ1) is 9.97. The molecule has 0 fully saturated rings. The molecule has 21 heavy (non-hydrogen) atoms. The largest absolute Gasteiger partial charge is 0.487 e. The predicted octanol–water partition coefficient (Wildman–Crippen LogP) is 2.92. The normalized spacial score (nSPS) is 10.1. The monoisotopic (exact) mass is 308 g/mol. The highest BCUT2D eigenvalue weighted by Crippen LogP contribution is 2.23. The van der Waals surface area contributed by atoms with Gasteiger partial charge in [0, 0.05) is 17.7 Å². The van der Waals surface area contributed by atoms with Crippen molar-refractivity contribution in [2.24, 2.45) is 0 Å². The van der Waals surface area contributed by atoms with Crippen LogP contribution >= 0.6 is 11.6 Å². The van der Waals surface area contributed by atoms with Gasteiger partial charge in [-0.15, -0.1) is 0 Å². The molecule has 0 saturated carbocycles. The van der Waals surface area contributed by atoms with Crippen molar-refractivity contribution in [3.63, 3.8) is 0 Å². The zero-order valence-corrected chi connectivity index (χ0v) is 11.3. The van der Waals surface area contributed by atoms with Crippen LogP contribution in [-0.2, 0) is 6.61 Å². The van der Waals surface area contributed by atoms with Crippen molar-refractivity contribution < 1.29 is 19.6 Å². The van der Waals surface area contributed by atoms with Crippen LogP contribution in [0.25, 0.3) is 0 Å². The van der Waals surface area contributed by atoms with Crippen molar-refractivity contribution >= 4 is 23.3 Å². The number of benzene rings is 1. The molecule has 0 bridgehead atoms. The molecular formula is C13H9ClN2O5. The molecule has 1 aromatic heterocycles. The Labute approximate surface area is 123 Å². The fourth-order valence-electron chi connectivity index (χ4n) is 1.52. The standard InChI is InChI=1S/C13H9ClN2O5/c14-11-5-9(16(19)20)2-1-8(11)7-21-10-3-4-12(13(17)18)15-6-10/h1-6H,7H2,(H,17,18). The van der Waals surface area contributed by atoms with Crippen LogP contribution in [0.4, 0.5) is 5.69 Å². The SMILES string of the molecule is O=C(O)c1ccc(OCc2ccc([N+](=O)[O-])cc2Cl)cn1. The molecule has 0 amide bonds. The van der Waals surface area contributed by atoms with Gasteiger partial charge in [0.2, 0.25) is 0 Å². The molecule has 8 heteroatoms. The lowest BCUT2D eigenvalue weighted by Crippen LogP contribution is -2.01. The smallest absolute Gasteiger partial charge is 0.354 e. The Morgan fingerprint density at radius 2 is 2.14 bits per heavy atom. The van der Waals surface area contributed by atoms with E-state index >= 15 is 0 Å². The van der Waals surface area contributed by atoms with Crippen LogP contribution in [0, 0.1) is 10.1 Å². The summed E-state index contributed by atoms with van der Waals surface area (Å²) in [7, 11) is 0. The summed E-state index contributed by atoms with van der Waals surface area (Å²) in [6, 6.07) is 6.85.